The maximum Gasteiger partial charge on any atom is 0.154 e. The molecule has 0 aliphatic heterocycles. The maximum atomic E-state index is 5.57. The van der Waals surface area contributed by atoms with Crippen molar-refractivity contribution in [1.29, 1.82) is 0 Å². The van der Waals surface area contributed by atoms with Gasteiger partial charge in [-0.15, -0.1) is 6.42 Å². The molecule has 0 radical (unpaired) electrons. The van der Waals surface area contributed by atoms with Crippen LogP contribution in [0.5, 0.6) is 0 Å². The zero-order valence-electron chi connectivity index (χ0n) is 6.12. The minimum atomic E-state index is 0.168. The van der Waals surface area contributed by atoms with Gasteiger partial charge in [0.1, 0.15) is 18.1 Å². The molecule has 0 aliphatic rings. The topological polar surface area (TPSA) is 47.0 Å². The van der Waals surface area contributed by atoms with Crippen molar-refractivity contribution in [2.75, 3.05) is 12.1 Å². The lowest BCUT2D eigenvalue weighted by Gasteiger charge is -2.01. The molecule has 0 bridgehead atoms. The molecule has 0 aliphatic carbocycles. The highest BCUT2D eigenvalue weighted by Crippen LogP contribution is 2.07. The summed E-state index contributed by atoms with van der Waals surface area (Å²) >= 11 is 5.57. The summed E-state index contributed by atoms with van der Waals surface area (Å²) in [4.78, 5) is 12.3. The number of nitrogens with zero attached hydrogens (tertiary/aromatic N) is 2. The van der Waals surface area contributed by atoms with E-state index in [4.69, 9.17) is 22.9 Å². The minimum absolute atomic E-state index is 0.168. The van der Waals surface area contributed by atoms with E-state index in [9.17, 15) is 0 Å². The van der Waals surface area contributed by atoms with Crippen LogP contribution in [0.2, 0.25) is 5.15 Å². The van der Waals surface area contributed by atoms with Crippen molar-refractivity contribution in [3.8, 4) is 12.3 Å². The number of nitrogens with one attached hydrogen (secondary N) is 1. The van der Waals surface area contributed by atoms with Crippen molar-refractivity contribution in [2.24, 2.45) is 0 Å². The summed E-state index contributed by atoms with van der Waals surface area (Å²) in [5.74, 6) is 2.77. The van der Waals surface area contributed by atoms with Crippen LogP contribution in [-0.4, -0.2) is 16.6 Å². The van der Waals surface area contributed by atoms with Gasteiger partial charge in [-0.1, -0.05) is 17.5 Å². The Morgan fingerprint density at radius 1 is 1.67 bits per heavy atom. The molecule has 1 heterocycles. The van der Waals surface area contributed by atoms with E-state index >= 15 is 0 Å². The number of hydrogen-bond donors (Lipinski definition) is 1. The highest BCUT2D eigenvalue weighted by molar-refractivity contribution is 6.29. The van der Waals surface area contributed by atoms with E-state index in [0.717, 1.165) is 0 Å². The van der Waals surface area contributed by atoms with E-state index in [-0.39, 0.29) is 6.61 Å². The summed E-state index contributed by atoms with van der Waals surface area (Å²) in [7, 11) is 0. The Bertz CT molecular complexity index is 297. The average Bonchev–Trinajstić information content (AvgIpc) is 2.05. The Morgan fingerprint density at radius 2 is 2.50 bits per heavy atom. The molecule has 0 aromatic carbocycles. The first kappa shape index (κ1) is 8.78. The summed E-state index contributed by atoms with van der Waals surface area (Å²) in [6, 6.07) is 1.53. The predicted molar refractivity (Wildman–Crippen MR) is 45.4 cm³/mol. The predicted octanol–water partition coefficient (Wildman–Crippen LogP) is 1.11. The fourth-order valence-corrected chi connectivity index (χ4v) is 0.688. The van der Waals surface area contributed by atoms with Crippen LogP contribution in [0.4, 0.5) is 5.82 Å². The van der Waals surface area contributed by atoms with Gasteiger partial charge in [-0.3, -0.25) is 4.84 Å². The van der Waals surface area contributed by atoms with Crippen molar-refractivity contribution in [1.82, 2.24) is 9.97 Å². The van der Waals surface area contributed by atoms with Crippen LogP contribution in [0, 0.1) is 12.3 Å². The quantitative estimate of drug-likeness (QED) is 0.330. The Morgan fingerprint density at radius 3 is 3.17 bits per heavy atom. The number of halogens is 1. The first-order valence-corrected chi connectivity index (χ1v) is 3.49. The van der Waals surface area contributed by atoms with Gasteiger partial charge in [0, 0.05) is 6.07 Å². The van der Waals surface area contributed by atoms with E-state index in [1.807, 2.05) is 0 Å². The molecular formula is C7H6ClN3O. The molecule has 62 valence electrons. The molecular weight excluding hydrogens is 178 g/mol. The molecule has 5 heteroatoms. The smallest absolute Gasteiger partial charge is 0.154 e. The maximum absolute atomic E-state index is 5.57. The van der Waals surface area contributed by atoms with Gasteiger partial charge in [0.2, 0.25) is 0 Å². The molecule has 1 aromatic heterocycles. The molecule has 4 nitrogen and oxygen atoms in total. The Kier molecular flexibility index (Phi) is 3.33. The third kappa shape index (κ3) is 2.74. The molecule has 0 saturated heterocycles. The van der Waals surface area contributed by atoms with Crippen LogP contribution in [0.3, 0.4) is 0 Å². The van der Waals surface area contributed by atoms with Crippen molar-refractivity contribution in [3.63, 3.8) is 0 Å². The molecule has 0 atom stereocenters. The number of anilines is 1. The summed E-state index contributed by atoms with van der Waals surface area (Å²) in [5, 5.41) is 0.344. The van der Waals surface area contributed by atoms with Gasteiger partial charge < -0.3 is 0 Å². The molecule has 0 amide bonds. The van der Waals surface area contributed by atoms with Crippen molar-refractivity contribution < 1.29 is 4.84 Å². The lowest BCUT2D eigenvalue weighted by Crippen LogP contribution is -2.02. The standard InChI is InChI=1S/C7H6ClN3O/c1-2-3-12-11-7-4-6(8)9-5-10-7/h1,4-5H,3H2,(H,9,10,11). The molecule has 0 unspecified atom stereocenters. The van der Waals surface area contributed by atoms with Crippen LogP contribution >= 0.6 is 11.6 Å². The normalized spacial score (nSPS) is 9.00. The lowest BCUT2D eigenvalue weighted by atomic mass is 10.6. The van der Waals surface area contributed by atoms with Gasteiger partial charge in [-0.2, -0.15) is 0 Å². The first-order valence-electron chi connectivity index (χ1n) is 3.11. The fraction of sp³-hybridized carbons (Fsp3) is 0.143. The molecule has 1 N–H and O–H groups in total. The molecule has 0 spiro atoms. The van der Waals surface area contributed by atoms with Gasteiger partial charge in [0.15, 0.2) is 5.82 Å². The Labute approximate surface area is 74.9 Å². The highest BCUT2D eigenvalue weighted by atomic mass is 35.5. The number of hydrogen-bond acceptors (Lipinski definition) is 4. The average molecular weight is 184 g/mol. The van der Waals surface area contributed by atoms with E-state index in [0.29, 0.717) is 11.0 Å². The number of aromatic nitrogens is 2. The minimum Gasteiger partial charge on any atom is -0.262 e. The summed E-state index contributed by atoms with van der Waals surface area (Å²) in [5.41, 5.74) is 2.51. The third-order valence-electron chi connectivity index (χ3n) is 0.966. The van der Waals surface area contributed by atoms with Crippen LogP contribution in [0.15, 0.2) is 12.4 Å². The lowest BCUT2D eigenvalue weighted by molar-refractivity contribution is 0.232. The Hall–Kier alpha value is -1.31. The van der Waals surface area contributed by atoms with Crippen LogP contribution in [0.25, 0.3) is 0 Å². The van der Waals surface area contributed by atoms with Crippen LogP contribution in [-0.2, 0) is 4.84 Å². The van der Waals surface area contributed by atoms with E-state index in [1.54, 1.807) is 0 Å². The van der Waals surface area contributed by atoms with Gasteiger partial charge in [0.25, 0.3) is 0 Å². The zero-order chi connectivity index (χ0) is 8.81. The molecule has 1 rings (SSSR count). The van der Waals surface area contributed by atoms with Crippen molar-refractivity contribution in [3.05, 3.63) is 17.5 Å². The first-order chi connectivity index (χ1) is 5.83. The largest absolute Gasteiger partial charge is 0.262 e. The van der Waals surface area contributed by atoms with Gasteiger partial charge in [-0.25, -0.2) is 15.4 Å². The zero-order valence-corrected chi connectivity index (χ0v) is 6.88. The van der Waals surface area contributed by atoms with E-state index in [1.165, 1.54) is 12.4 Å². The SMILES string of the molecule is C#CCONc1cc(Cl)ncn1. The summed E-state index contributed by atoms with van der Waals surface area (Å²) in [6.45, 7) is 0.168. The van der Waals surface area contributed by atoms with Gasteiger partial charge >= 0.3 is 0 Å². The van der Waals surface area contributed by atoms with Crippen LogP contribution < -0.4 is 5.48 Å². The highest BCUT2D eigenvalue weighted by Gasteiger charge is 1.93. The fourth-order valence-electron chi connectivity index (χ4n) is 0.541. The number of rotatable bonds is 3. The van der Waals surface area contributed by atoms with Crippen LogP contribution in [0.1, 0.15) is 0 Å². The summed E-state index contributed by atoms with van der Waals surface area (Å²) < 4.78 is 0. The molecule has 0 fully saturated rings. The second-order valence-corrected chi connectivity index (χ2v) is 2.21. The third-order valence-corrected chi connectivity index (χ3v) is 1.17. The molecule has 0 saturated carbocycles. The second kappa shape index (κ2) is 4.54. The molecule has 12 heavy (non-hydrogen) atoms. The van der Waals surface area contributed by atoms with E-state index < -0.39 is 0 Å². The van der Waals surface area contributed by atoms with Crippen molar-refractivity contribution >= 4 is 17.4 Å². The van der Waals surface area contributed by atoms with Gasteiger partial charge in [0.05, 0.1) is 0 Å². The van der Waals surface area contributed by atoms with Crippen molar-refractivity contribution in [2.45, 2.75) is 0 Å². The second-order valence-electron chi connectivity index (χ2n) is 1.82. The molecule has 1 aromatic rings. The Balaban J connectivity index is 2.48. The van der Waals surface area contributed by atoms with Gasteiger partial charge in [-0.05, 0) is 0 Å². The summed E-state index contributed by atoms with van der Waals surface area (Å²) in [6.07, 6.45) is 6.27. The monoisotopic (exact) mass is 183 g/mol. The number of terminal acetylenes is 1. The van der Waals surface area contributed by atoms with E-state index in [2.05, 4.69) is 21.4 Å².